The molecule has 0 aliphatic carbocycles. The molecule has 0 radical (unpaired) electrons. The van der Waals surface area contributed by atoms with Crippen LogP contribution in [-0.2, 0) is 6.42 Å². The fraction of sp³-hybridized carbons (Fsp3) is 0.625. The van der Waals surface area contributed by atoms with Gasteiger partial charge >= 0.3 is 0 Å². The van der Waals surface area contributed by atoms with Crippen molar-refractivity contribution in [3.63, 3.8) is 0 Å². The van der Waals surface area contributed by atoms with Crippen molar-refractivity contribution in [1.29, 1.82) is 0 Å². The number of piperidine rings is 1. The molecule has 1 N–H and O–H groups in total. The molecule has 0 bridgehead atoms. The Balaban J connectivity index is 1.78. The van der Waals surface area contributed by atoms with Gasteiger partial charge in [0.15, 0.2) is 11.5 Å². The summed E-state index contributed by atoms with van der Waals surface area (Å²) in [5.41, 5.74) is 1.16. The van der Waals surface area contributed by atoms with Gasteiger partial charge in [0.25, 0.3) is 0 Å². The van der Waals surface area contributed by atoms with Gasteiger partial charge in [0.05, 0.1) is 0 Å². The largest absolute Gasteiger partial charge is 0.486 e. The maximum Gasteiger partial charge on any atom is 0.165 e. The average molecular weight is 261 g/mol. The fourth-order valence-corrected chi connectivity index (χ4v) is 3.05. The zero-order chi connectivity index (χ0) is 13.5. The van der Waals surface area contributed by atoms with Gasteiger partial charge in [-0.05, 0) is 46.2 Å². The molecule has 2 unspecified atom stereocenters. The summed E-state index contributed by atoms with van der Waals surface area (Å²) in [5, 5.41) is 3.45. The van der Waals surface area contributed by atoms with E-state index in [9.17, 15) is 0 Å². The second kappa shape index (κ2) is 4.71. The van der Waals surface area contributed by atoms with Crippen molar-refractivity contribution in [1.82, 2.24) is 5.32 Å². The molecule has 2 atom stereocenters. The highest BCUT2D eigenvalue weighted by molar-refractivity contribution is 5.50. The smallest absolute Gasteiger partial charge is 0.165 e. The number of para-hydroxylation sites is 1. The highest BCUT2D eigenvalue weighted by Gasteiger charge is 2.33. The van der Waals surface area contributed by atoms with Gasteiger partial charge in [0.2, 0.25) is 0 Å². The Kier molecular flexibility index (Phi) is 3.17. The fourth-order valence-electron chi connectivity index (χ4n) is 3.05. The summed E-state index contributed by atoms with van der Waals surface area (Å²) in [6, 6.07) is 6.78. The molecule has 3 nitrogen and oxygen atoms in total. The Morgan fingerprint density at radius 1 is 1.37 bits per heavy atom. The first kappa shape index (κ1) is 12.8. The summed E-state index contributed by atoms with van der Waals surface area (Å²) < 4.78 is 12.3. The molecule has 1 fully saturated rings. The molecule has 3 heteroatoms. The van der Waals surface area contributed by atoms with Crippen LogP contribution in [0.3, 0.4) is 0 Å². The Morgan fingerprint density at radius 3 is 3.00 bits per heavy atom. The van der Waals surface area contributed by atoms with Gasteiger partial charge in [-0.25, -0.2) is 0 Å². The number of hydrogen-bond acceptors (Lipinski definition) is 3. The molecule has 0 amide bonds. The lowest BCUT2D eigenvalue weighted by Crippen LogP contribution is -2.40. The van der Waals surface area contributed by atoms with E-state index in [2.05, 4.69) is 38.2 Å². The van der Waals surface area contributed by atoms with Crippen molar-refractivity contribution < 1.29 is 9.47 Å². The van der Waals surface area contributed by atoms with E-state index in [1.807, 2.05) is 6.07 Å². The first-order valence-electron chi connectivity index (χ1n) is 7.24. The highest BCUT2D eigenvalue weighted by atomic mass is 16.5. The molecular weight excluding hydrogens is 238 g/mol. The summed E-state index contributed by atoms with van der Waals surface area (Å²) in [4.78, 5) is 0. The number of benzene rings is 1. The van der Waals surface area contributed by atoms with Crippen LogP contribution in [0.15, 0.2) is 18.2 Å². The van der Waals surface area contributed by atoms with Gasteiger partial charge in [-0.15, -0.1) is 0 Å². The van der Waals surface area contributed by atoms with E-state index in [4.69, 9.17) is 9.47 Å². The zero-order valence-corrected chi connectivity index (χ0v) is 12.0. The van der Waals surface area contributed by atoms with Crippen LogP contribution in [0.1, 0.15) is 39.2 Å². The quantitative estimate of drug-likeness (QED) is 0.888. The summed E-state index contributed by atoms with van der Waals surface area (Å²) in [5.74, 6) is 1.88. The first-order valence-corrected chi connectivity index (χ1v) is 7.24. The van der Waals surface area contributed by atoms with Crippen molar-refractivity contribution >= 4 is 0 Å². The average Bonchev–Trinajstić information content (AvgIpc) is 2.64. The molecule has 0 spiro atoms. The lowest BCUT2D eigenvalue weighted by molar-refractivity contribution is 0.112. The van der Waals surface area contributed by atoms with Crippen molar-refractivity contribution in [2.45, 2.75) is 57.8 Å². The second-order valence-electron chi connectivity index (χ2n) is 6.40. The number of fused-ring (bicyclic) bond motifs is 1. The number of nitrogens with one attached hydrogen (secondary N) is 1. The Labute approximate surface area is 115 Å². The molecule has 2 heterocycles. The summed E-state index contributed by atoms with van der Waals surface area (Å²) in [6.45, 7) is 7.50. The predicted octanol–water partition coefficient (Wildman–Crippen LogP) is 2.92. The molecule has 3 rings (SSSR count). The molecule has 2 aliphatic rings. The van der Waals surface area contributed by atoms with E-state index < -0.39 is 0 Å². The van der Waals surface area contributed by atoms with Crippen molar-refractivity contribution in [2.24, 2.45) is 0 Å². The third kappa shape index (κ3) is 2.71. The van der Waals surface area contributed by atoms with Crippen LogP contribution in [-0.4, -0.2) is 24.3 Å². The van der Waals surface area contributed by atoms with Crippen LogP contribution in [0.5, 0.6) is 11.5 Å². The van der Waals surface area contributed by atoms with Gasteiger partial charge < -0.3 is 14.8 Å². The van der Waals surface area contributed by atoms with Gasteiger partial charge in [-0.2, -0.15) is 0 Å². The van der Waals surface area contributed by atoms with E-state index in [-0.39, 0.29) is 5.60 Å². The maximum atomic E-state index is 6.20. The SMILES string of the molecule is CC1CC(Oc2cccc3c2OC(C)(C)C3)CCN1. The minimum absolute atomic E-state index is 0.108. The molecule has 1 aromatic rings. The van der Waals surface area contributed by atoms with Crippen LogP contribution in [0.2, 0.25) is 0 Å². The molecule has 1 aromatic carbocycles. The molecule has 1 saturated heterocycles. The van der Waals surface area contributed by atoms with Crippen molar-refractivity contribution in [2.75, 3.05) is 6.54 Å². The molecule has 2 aliphatic heterocycles. The first-order chi connectivity index (χ1) is 9.03. The Bertz CT molecular complexity index is 470. The van der Waals surface area contributed by atoms with Crippen LogP contribution in [0.4, 0.5) is 0 Å². The third-order valence-corrected chi connectivity index (χ3v) is 3.92. The van der Waals surface area contributed by atoms with E-state index in [0.717, 1.165) is 37.3 Å². The lowest BCUT2D eigenvalue weighted by atomic mass is 10.0. The zero-order valence-electron chi connectivity index (χ0n) is 12.0. The van der Waals surface area contributed by atoms with Gasteiger partial charge in [-0.3, -0.25) is 0 Å². The van der Waals surface area contributed by atoms with E-state index in [0.29, 0.717) is 12.1 Å². The van der Waals surface area contributed by atoms with Crippen molar-refractivity contribution in [3.8, 4) is 11.5 Å². The molecule has 0 saturated carbocycles. The molecule has 19 heavy (non-hydrogen) atoms. The number of ether oxygens (including phenoxy) is 2. The standard InChI is InChI=1S/C16H23NO2/c1-11-9-13(7-8-17-11)18-14-6-4-5-12-10-16(2,3)19-15(12)14/h4-6,11,13,17H,7-10H2,1-3H3. The van der Waals surface area contributed by atoms with Crippen LogP contribution in [0, 0.1) is 0 Å². The Morgan fingerprint density at radius 2 is 2.21 bits per heavy atom. The Hall–Kier alpha value is -1.22. The highest BCUT2D eigenvalue weighted by Crippen LogP contribution is 2.42. The molecule has 104 valence electrons. The van der Waals surface area contributed by atoms with Gasteiger partial charge in [0, 0.05) is 18.0 Å². The minimum atomic E-state index is -0.108. The van der Waals surface area contributed by atoms with Crippen LogP contribution < -0.4 is 14.8 Å². The maximum absolute atomic E-state index is 6.20. The molecular formula is C16H23NO2. The number of rotatable bonds is 2. The summed E-state index contributed by atoms with van der Waals surface area (Å²) in [7, 11) is 0. The van der Waals surface area contributed by atoms with E-state index >= 15 is 0 Å². The van der Waals surface area contributed by atoms with Gasteiger partial charge in [-0.1, -0.05) is 12.1 Å². The van der Waals surface area contributed by atoms with Gasteiger partial charge in [0.1, 0.15) is 11.7 Å². The van der Waals surface area contributed by atoms with Crippen molar-refractivity contribution in [3.05, 3.63) is 23.8 Å². The third-order valence-electron chi connectivity index (χ3n) is 3.92. The normalized spacial score (nSPS) is 28.6. The minimum Gasteiger partial charge on any atom is -0.486 e. The van der Waals surface area contributed by atoms with E-state index in [1.165, 1.54) is 5.56 Å². The van der Waals surface area contributed by atoms with Crippen LogP contribution in [0.25, 0.3) is 0 Å². The summed E-state index contributed by atoms with van der Waals surface area (Å²) >= 11 is 0. The number of hydrogen-bond donors (Lipinski definition) is 1. The summed E-state index contributed by atoms with van der Waals surface area (Å²) in [6.07, 6.45) is 3.39. The molecule has 0 aromatic heterocycles. The van der Waals surface area contributed by atoms with Crippen LogP contribution >= 0.6 is 0 Å². The predicted molar refractivity (Wildman–Crippen MR) is 76.0 cm³/mol. The lowest BCUT2D eigenvalue weighted by Gasteiger charge is -2.29. The van der Waals surface area contributed by atoms with E-state index in [1.54, 1.807) is 0 Å². The topological polar surface area (TPSA) is 30.5 Å². The second-order valence-corrected chi connectivity index (χ2v) is 6.40. The monoisotopic (exact) mass is 261 g/mol.